The van der Waals surface area contributed by atoms with E-state index in [0.717, 1.165) is 16.9 Å². The van der Waals surface area contributed by atoms with Crippen molar-refractivity contribution in [2.24, 2.45) is 5.73 Å². The van der Waals surface area contributed by atoms with Gasteiger partial charge in [0, 0.05) is 18.0 Å². The van der Waals surface area contributed by atoms with Crippen molar-refractivity contribution in [2.75, 3.05) is 13.1 Å². The second kappa shape index (κ2) is 7.17. The summed E-state index contributed by atoms with van der Waals surface area (Å²) in [6.45, 7) is 3.28. The number of rotatable bonds is 7. The number of thiophene rings is 1. The molecule has 2 N–H and O–H groups in total. The zero-order valence-electron chi connectivity index (χ0n) is 12.0. The van der Waals surface area contributed by atoms with Crippen LogP contribution in [0.2, 0.25) is 0 Å². The molecule has 0 saturated heterocycles. The first-order chi connectivity index (χ1) is 10.1. The smallest absolute Gasteiger partial charge is 0.243 e. The molecule has 114 valence electrons. The normalized spacial score (nSPS) is 12.0. The van der Waals surface area contributed by atoms with E-state index in [1.54, 1.807) is 23.5 Å². The minimum Gasteiger partial charge on any atom is -0.330 e. The molecule has 1 heterocycles. The van der Waals surface area contributed by atoms with E-state index in [1.807, 2.05) is 36.6 Å². The highest BCUT2D eigenvalue weighted by molar-refractivity contribution is 7.89. The van der Waals surface area contributed by atoms with Crippen LogP contribution >= 0.6 is 11.3 Å². The van der Waals surface area contributed by atoms with Gasteiger partial charge in [0.25, 0.3) is 0 Å². The van der Waals surface area contributed by atoms with Crippen LogP contribution in [0.1, 0.15) is 17.4 Å². The van der Waals surface area contributed by atoms with Crippen molar-refractivity contribution in [1.82, 2.24) is 4.31 Å². The lowest BCUT2D eigenvalue weighted by Gasteiger charge is -2.20. The maximum Gasteiger partial charge on any atom is 0.243 e. The van der Waals surface area contributed by atoms with Crippen molar-refractivity contribution < 1.29 is 8.42 Å². The Morgan fingerprint density at radius 2 is 1.90 bits per heavy atom. The molecule has 0 saturated carbocycles. The fourth-order valence-electron chi connectivity index (χ4n) is 2.09. The van der Waals surface area contributed by atoms with Gasteiger partial charge in [-0.05, 0) is 42.1 Å². The molecule has 1 aromatic heterocycles. The molecule has 0 aliphatic heterocycles. The third-order valence-corrected chi connectivity index (χ3v) is 6.06. The Kier molecular flexibility index (Phi) is 5.52. The molecule has 21 heavy (non-hydrogen) atoms. The van der Waals surface area contributed by atoms with Gasteiger partial charge < -0.3 is 5.73 Å². The largest absolute Gasteiger partial charge is 0.330 e. The first kappa shape index (κ1) is 16.2. The van der Waals surface area contributed by atoms with E-state index in [1.165, 1.54) is 4.31 Å². The lowest BCUT2D eigenvalue weighted by Crippen LogP contribution is -2.30. The van der Waals surface area contributed by atoms with E-state index in [-0.39, 0.29) is 0 Å². The number of hydrogen-bond donors (Lipinski definition) is 1. The second-order valence-electron chi connectivity index (χ2n) is 4.69. The number of benzene rings is 1. The quantitative estimate of drug-likeness (QED) is 0.851. The van der Waals surface area contributed by atoms with Crippen LogP contribution in [0, 0.1) is 0 Å². The van der Waals surface area contributed by atoms with Crippen LogP contribution in [0.4, 0.5) is 0 Å². The second-order valence-corrected chi connectivity index (χ2v) is 7.66. The van der Waals surface area contributed by atoms with Crippen molar-refractivity contribution >= 4 is 21.4 Å². The highest BCUT2D eigenvalue weighted by Crippen LogP contribution is 2.20. The van der Waals surface area contributed by atoms with Crippen LogP contribution in [0.3, 0.4) is 0 Å². The van der Waals surface area contributed by atoms with Crippen LogP contribution in [0.15, 0.2) is 46.7 Å². The Hall–Kier alpha value is -1.21. The minimum absolute atomic E-state index is 0.335. The van der Waals surface area contributed by atoms with Crippen molar-refractivity contribution in [1.29, 1.82) is 0 Å². The Morgan fingerprint density at radius 3 is 2.43 bits per heavy atom. The lowest BCUT2D eigenvalue weighted by atomic mass is 10.2. The summed E-state index contributed by atoms with van der Waals surface area (Å²) in [5.74, 6) is 0. The summed E-state index contributed by atoms with van der Waals surface area (Å²) in [5.41, 5.74) is 6.56. The molecular weight excluding hydrogens is 304 g/mol. The van der Waals surface area contributed by atoms with Gasteiger partial charge in [0.15, 0.2) is 0 Å². The van der Waals surface area contributed by atoms with E-state index in [2.05, 4.69) is 0 Å². The van der Waals surface area contributed by atoms with Crippen LogP contribution in [0.25, 0.3) is 0 Å². The summed E-state index contributed by atoms with van der Waals surface area (Å²) in [6.07, 6.45) is 0.757. The number of hydrogen-bond acceptors (Lipinski definition) is 4. The van der Waals surface area contributed by atoms with Gasteiger partial charge in [0.2, 0.25) is 10.0 Å². The average molecular weight is 324 g/mol. The van der Waals surface area contributed by atoms with Crippen molar-refractivity contribution in [3.8, 4) is 0 Å². The first-order valence-electron chi connectivity index (χ1n) is 6.89. The fraction of sp³-hybridized carbons (Fsp3) is 0.333. The molecule has 0 amide bonds. The van der Waals surface area contributed by atoms with Crippen molar-refractivity contribution in [2.45, 2.75) is 24.8 Å². The molecule has 4 nitrogen and oxygen atoms in total. The topological polar surface area (TPSA) is 63.4 Å². The molecule has 0 spiro atoms. The summed E-state index contributed by atoms with van der Waals surface area (Å²) >= 11 is 1.57. The van der Waals surface area contributed by atoms with Crippen molar-refractivity contribution in [3.05, 3.63) is 52.2 Å². The van der Waals surface area contributed by atoms with Gasteiger partial charge in [-0.2, -0.15) is 4.31 Å². The maximum atomic E-state index is 12.7. The van der Waals surface area contributed by atoms with E-state index in [4.69, 9.17) is 5.73 Å². The lowest BCUT2D eigenvalue weighted by molar-refractivity contribution is 0.426. The monoisotopic (exact) mass is 324 g/mol. The Balaban J connectivity index is 2.22. The number of nitrogens with two attached hydrogens (primary N) is 1. The van der Waals surface area contributed by atoms with Gasteiger partial charge in [-0.15, -0.1) is 11.3 Å². The van der Waals surface area contributed by atoms with Crippen LogP contribution in [0.5, 0.6) is 0 Å². The van der Waals surface area contributed by atoms with Gasteiger partial charge in [-0.1, -0.05) is 25.1 Å². The Labute approximate surface area is 130 Å². The standard InChI is InChI=1S/C15H20N2O2S2/c1-2-17(12-14-4-3-11-20-14)21(18,19)15-7-5-13(6-8-15)9-10-16/h3-8,11H,2,9-10,12,16H2,1H3. The van der Waals surface area contributed by atoms with E-state index in [9.17, 15) is 8.42 Å². The molecule has 0 bridgehead atoms. The number of nitrogens with zero attached hydrogens (tertiary/aromatic N) is 1. The molecule has 0 aliphatic carbocycles. The predicted molar refractivity (Wildman–Crippen MR) is 86.8 cm³/mol. The number of sulfonamides is 1. The average Bonchev–Trinajstić information content (AvgIpc) is 2.98. The zero-order chi connectivity index (χ0) is 15.3. The van der Waals surface area contributed by atoms with Gasteiger partial charge in [-0.3, -0.25) is 0 Å². The van der Waals surface area contributed by atoms with Gasteiger partial charge in [0.1, 0.15) is 0 Å². The SMILES string of the molecule is CCN(Cc1cccs1)S(=O)(=O)c1ccc(CCN)cc1. The molecule has 0 atom stereocenters. The first-order valence-corrected chi connectivity index (χ1v) is 9.21. The summed E-state index contributed by atoms with van der Waals surface area (Å²) in [7, 11) is -3.45. The maximum absolute atomic E-state index is 12.7. The summed E-state index contributed by atoms with van der Waals surface area (Å²) in [4.78, 5) is 1.38. The Bertz CT molecular complexity index is 649. The molecule has 0 radical (unpaired) electrons. The van der Waals surface area contributed by atoms with Crippen LogP contribution < -0.4 is 5.73 Å². The van der Waals surface area contributed by atoms with Crippen molar-refractivity contribution in [3.63, 3.8) is 0 Å². The van der Waals surface area contributed by atoms with Gasteiger partial charge in [-0.25, -0.2) is 8.42 Å². The third-order valence-electron chi connectivity index (χ3n) is 3.26. The zero-order valence-corrected chi connectivity index (χ0v) is 13.7. The van der Waals surface area contributed by atoms with E-state index in [0.29, 0.717) is 24.5 Å². The fourth-order valence-corrected chi connectivity index (χ4v) is 4.32. The highest BCUT2D eigenvalue weighted by Gasteiger charge is 2.23. The molecule has 2 rings (SSSR count). The van der Waals surface area contributed by atoms with Crippen LogP contribution in [-0.2, 0) is 23.0 Å². The van der Waals surface area contributed by atoms with Gasteiger partial charge >= 0.3 is 0 Å². The van der Waals surface area contributed by atoms with E-state index >= 15 is 0 Å². The Morgan fingerprint density at radius 1 is 1.19 bits per heavy atom. The summed E-state index contributed by atoms with van der Waals surface area (Å²) < 4.78 is 26.8. The van der Waals surface area contributed by atoms with Gasteiger partial charge in [0.05, 0.1) is 4.90 Å². The predicted octanol–water partition coefficient (Wildman–Crippen LogP) is 2.46. The third kappa shape index (κ3) is 3.91. The molecule has 0 fully saturated rings. The molecule has 1 aromatic carbocycles. The highest BCUT2D eigenvalue weighted by atomic mass is 32.2. The molecule has 0 unspecified atom stereocenters. The molecular formula is C15H20N2O2S2. The molecule has 0 aliphatic rings. The van der Waals surface area contributed by atoms with Crippen LogP contribution in [-0.4, -0.2) is 25.8 Å². The molecule has 2 aromatic rings. The molecule has 6 heteroatoms. The summed E-state index contributed by atoms with van der Waals surface area (Å²) in [5, 5.41) is 1.96. The van der Waals surface area contributed by atoms with E-state index < -0.39 is 10.0 Å². The minimum atomic E-state index is -3.45. The summed E-state index contributed by atoms with van der Waals surface area (Å²) in [6, 6.07) is 10.9.